The number of aliphatic imine (C=N–C) groups is 1. The molecule has 276 valence electrons. The Balaban J connectivity index is 1.28. The number of anilines is 2. The Morgan fingerprint density at radius 3 is 2.42 bits per heavy atom. The third kappa shape index (κ3) is 9.63. The number of rotatable bonds is 13. The lowest BCUT2D eigenvalue weighted by molar-refractivity contribution is -0.141. The quantitative estimate of drug-likeness (QED) is 0.0706. The van der Waals surface area contributed by atoms with Crippen LogP contribution in [0.15, 0.2) is 84.0 Å². The number of methoxy groups -OCH3 is 1. The van der Waals surface area contributed by atoms with Crippen LogP contribution in [0.3, 0.4) is 0 Å². The van der Waals surface area contributed by atoms with E-state index in [4.69, 9.17) is 10.5 Å². The Kier molecular flexibility index (Phi) is 11.5. The van der Waals surface area contributed by atoms with Gasteiger partial charge in [0.05, 0.1) is 37.5 Å². The Morgan fingerprint density at radius 2 is 1.75 bits per heavy atom. The normalized spacial score (nSPS) is 11.7. The molecule has 17 heteroatoms. The molecule has 0 spiro atoms. The van der Waals surface area contributed by atoms with E-state index in [0.717, 1.165) is 5.52 Å². The summed E-state index contributed by atoms with van der Waals surface area (Å²) in [6.07, 6.45) is -5.88. The summed E-state index contributed by atoms with van der Waals surface area (Å²) in [6.45, 7) is -0.766. The van der Waals surface area contributed by atoms with Crippen molar-refractivity contribution in [1.82, 2.24) is 14.5 Å². The van der Waals surface area contributed by atoms with Crippen LogP contribution in [0.5, 0.6) is 5.75 Å². The lowest BCUT2D eigenvalue weighted by Crippen LogP contribution is -2.33. The van der Waals surface area contributed by atoms with E-state index in [-0.39, 0.29) is 36.7 Å². The van der Waals surface area contributed by atoms with Gasteiger partial charge in [-0.3, -0.25) is 14.5 Å². The maximum absolute atomic E-state index is 14.0. The molecule has 0 fully saturated rings. The van der Waals surface area contributed by atoms with Gasteiger partial charge in [0.15, 0.2) is 0 Å². The third-order valence-electron chi connectivity index (χ3n) is 7.97. The Labute approximate surface area is 299 Å². The number of carbonyl (C=O) groups excluding carboxylic acids is 2. The number of carboxylic acid groups (broad SMARTS) is 1. The number of imidazole rings is 1. The maximum atomic E-state index is 14.0. The average molecular weight is 736 g/mol. The Bertz CT molecular complexity index is 2150. The number of fused-ring (bicyclic) bond motifs is 1. The largest absolute Gasteiger partial charge is 0.496 e. The van der Waals surface area contributed by atoms with Gasteiger partial charge in [-0.25, -0.2) is 19.2 Å². The minimum Gasteiger partial charge on any atom is -0.496 e. The second-order valence-corrected chi connectivity index (χ2v) is 11.5. The highest BCUT2D eigenvalue weighted by Gasteiger charge is 2.27. The number of halogens is 4. The average Bonchev–Trinajstić information content (AvgIpc) is 3.44. The smallest absolute Gasteiger partial charge is 0.435 e. The second-order valence-electron chi connectivity index (χ2n) is 11.5. The topological polar surface area (TPSA) is 174 Å². The number of aliphatic carboxylic acids is 1. The van der Waals surface area contributed by atoms with Gasteiger partial charge in [-0.15, -0.1) is 0 Å². The van der Waals surface area contributed by atoms with E-state index in [1.54, 1.807) is 61.6 Å². The molecular weight excluding hydrogens is 702 g/mol. The van der Waals surface area contributed by atoms with Gasteiger partial charge >= 0.3 is 18.2 Å². The molecule has 0 aliphatic carbocycles. The number of amidine groups is 1. The van der Waals surface area contributed by atoms with E-state index in [1.807, 2.05) is 4.57 Å². The highest BCUT2D eigenvalue weighted by molar-refractivity contribution is 6.07. The van der Waals surface area contributed by atoms with E-state index in [9.17, 15) is 37.1 Å². The monoisotopic (exact) mass is 735 g/mol. The fourth-order valence-electron chi connectivity index (χ4n) is 5.22. The van der Waals surface area contributed by atoms with E-state index >= 15 is 0 Å². The zero-order valence-corrected chi connectivity index (χ0v) is 28.4. The van der Waals surface area contributed by atoms with Gasteiger partial charge in [0.25, 0.3) is 5.91 Å². The number of nitrogens with one attached hydrogen (secondary N) is 1. The van der Waals surface area contributed by atoms with Crippen molar-refractivity contribution in [2.45, 2.75) is 25.6 Å². The number of hydrogen-bond donors (Lipinski definition) is 3. The van der Waals surface area contributed by atoms with Gasteiger partial charge in [0.2, 0.25) is 0 Å². The number of alkyl halides is 3. The summed E-state index contributed by atoms with van der Waals surface area (Å²) < 4.78 is 62.4. The highest BCUT2D eigenvalue weighted by atomic mass is 19.4. The van der Waals surface area contributed by atoms with Gasteiger partial charge in [0.1, 0.15) is 35.7 Å². The molecule has 0 unspecified atom stereocenters. The molecule has 0 saturated heterocycles. The number of amides is 2. The molecular formula is C36H33F4N7O6. The van der Waals surface area contributed by atoms with E-state index in [2.05, 4.69) is 25.0 Å². The van der Waals surface area contributed by atoms with Crippen molar-refractivity contribution in [3.8, 4) is 16.9 Å². The molecule has 0 saturated carbocycles. The van der Waals surface area contributed by atoms with Crippen molar-refractivity contribution >= 4 is 46.3 Å². The number of nitrogens with two attached hydrogens (primary N) is 1. The van der Waals surface area contributed by atoms with Crippen LogP contribution in [0.1, 0.15) is 34.6 Å². The first-order chi connectivity index (χ1) is 25.2. The minimum absolute atomic E-state index is 0.165. The lowest BCUT2D eigenvalue weighted by atomic mass is 10.1. The van der Waals surface area contributed by atoms with Crippen molar-refractivity contribution in [1.29, 1.82) is 0 Å². The van der Waals surface area contributed by atoms with Crippen LogP contribution in [-0.2, 0) is 23.1 Å². The van der Waals surface area contributed by atoms with Gasteiger partial charge < -0.3 is 30.2 Å². The summed E-state index contributed by atoms with van der Waals surface area (Å²) in [5.41, 5.74) is 9.28. The van der Waals surface area contributed by atoms with Crippen LogP contribution >= 0.6 is 0 Å². The van der Waals surface area contributed by atoms with Crippen molar-refractivity contribution in [3.63, 3.8) is 0 Å². The minimum atomic E-state index is -4.47. The number of carboxylic acids is 1. The van der Waals surface area contributed by atoms with E-state index < -0.39 is 43.0 Å². The molecule has 5 aromatic rings. The molecule has 0 bridgehead atoms. The number of aromatic nitrogens is 3. The molecule has 4 N–H and O–H groups in total. The number of ether oxygens (including phenoxy) is 2. The molecule has 2 heterocycles. The Morgan fingerprint density at radius 1 is 1.02 bits per heavy atom. The van der Waals surface area contributed by atoms with Crippen LogP contribution in [0.4, 0.5) is 33.9 Å². The highest BCUT2D eigenvalue weighted by Crippen LogP contribution is 2.31. The first kappa shape index (κ1) is 37.7. The van der Waals surface area contributed by atoms with Gasteiger partial charge in [-0.05, 0) is 72.8 Å². The van der Waals surface area contributed by atoms with Crippen LogP contribution in [0.2, 0.25) is 0 Å². The number of benzene rings is 3. The number of aryl methyl sites for hydroxylation is 1. The van der Waals surface area contributed by atoms with Crippen molar-refractivity contribution in [3.05, 3.63) is 102 Å². The summed E-state index contributed by atoms with van der Waals surface area (Å²) in [5, 5.41) is 12.6. The second kappa shape index (κ2) is 16.2. The van der Waals surface area contributed by atoms with Crippen molar-refractivity contribution < 1.29 is 46.5 Å². The molecule has 0 radical (unpaired) electrons. The fraction of sp³-hybridized carbons (Fsp3) is 0.222. The first-order valence-electron chi connectivity index (χ1n) is 15.9. The van der Waals surface area contributed by atoms with Gasteiger partial charge in [-0.1, -0.05) is 0 Å². The SMILES string of the molecule is COc1ccc(F)cc1-c1ccc(N(CCC(=O)O)C(=O)c2ccc3c(c2)nc(CNc2ccc(C(N)=NC(=O)OCCC(F)(F)F)cc2)n3C)nc1. The van der Waals surface area contributed by atoms with Crippen LogP contribution in [0.25, 0.3) is 22.2 Å². The first-order valence-corrected chi connectivity index (χ1v) is 15.9. The molecule has 5 rings (SSSR count). The number of nitrogens with zero attached hydrogens (tertiary/aromatic N) is 5. The van der Waals surface area contributed by atoms with Crippen LogP contribution in [-0.4, -0.2) is 69.9 Å². The van der Waals surface area contributed by atoms with E-state index in [1.165, 1.54) is 36.4 Å². The zero-order chi connectivity index (χ0) is 38.3. The predicted octanol–water partition coefficient (Wildman–Crippen LogP) is 6.31. The molecule has 13 nitrogen and oxygen atoms in total. The van der Waals surface area contributed by atoms with Gasteiger partial charge in [-0.2, -0.15) is 18.2 Å². The van der Waals surface area contributed by atoms with Crippen LogP contribution < -0.4 is 20.7 Å². The van der Waals surface area contributed by atoms with Crippen LogP contribution in [0, 0.1) is 5.82 Å². The fourth-order valence-corrected chi connectivity index (χ4v) is 5.22. The maximum Gasteiger partial charge on any atom is 0.435 e. The summed E-state index contributed by atoms with van der Waals surface area (Å²) >= 11 is 0. The Hall–Kier alpha value is -6.52. The molecule has 2 amide bonds. The summed E-state index contributed by atoms with van der Waals surface area (Å²) in [6, 6.07) is 18.6. The number of hydrogen-bond acceptors (Lipinski definition) is 8. The lowest BCUT2D eigenvalue weighted by Gasteiger charge is -2.21. The molecule has 2 aromatic heterocycles. The predicted molar refractivity (Wildman–Crippen MR) is 187 cm³/mol. The zero-order valence-electron chi connectivity index (χ0n) is 28.4. The summed E-state index contributed by atoms with van der Waals surface area (Å²) in [5.74, 6) is -1.06. The standard InChI is InChI=1S/C36H33F4N7O6/c1-46-28-10-5-22(34(50)47(15-13-32(48)49)30-12-6-23(19-43-30)26-18-24(37)7-11-29(26)52-2)17-27(28)44-31(46)20-42-25-8-3-21(4-9-25)33(41)45-35(51)53-16-14-36(38,39)40/h3-12,17-19,42H,13-16,20H2,1-2H3,(H,48,49)(H2,41,45,51). The summed E-state index contributed by atoms with van der Waals surface area (Å²) in [4.78, 5) is 50.8. The third-order valence-corrected chi connectivity index (χ3v) is 7.97. The molecule has 0 aliphatic heterocycles. The van der Waals surface area contributed by atoms with E-state index in [0.29, 0.717) is 39.5 Å². The molecule has 0 aliphatic rings. The summed E-state index contributed by atoms with van der Waals surface area (Å²) in [7, 11) is 3.26. The number of carbonyl (C=O) groups is 3. The molecule has 0 atom stereocenters. The van der Waals surface area contributed by atoms with Crippen molar-refractivity contribution in [2.75, 3.05) is 30.5 Å². The number of pyridine rings is 1. The molecule has 3 aromatic carbocycles. The molecule has 53 heavy (non-hydrogen) atoms. The van der Waals surface area contributed by atoms with Gasteiger partial charge in [0, 0.05) is 47.7 Å². The van der Waals surface area contributed by atoms with Crippen molar-refractivity contribution in [2.24, 2.45) is 17.8 Å².